The van der Waals surface area contributed by atoms with Gasteiger partial charge in [0, 0.05) is 12.5 Å². The van der Waals surface area contributed by atoms with E-state index in [1.165, 1.54) is 0 Å². The average Bonchev–Trinajstić information content (AvgIpc) is 2.39. The van der Waals surface area contributed by atoms with Crippen molar-refractivity contribution in [1.29, 1.82) is 0 Å². The van der Waals surface area contributed by atoms with Crippen molar-refractivity contribution in [3.8, 4) is 0 Å². The summed E-state index contributed by atoms with van der Waals surface area (Å²) >= 11 is 0. The Hall–Kier alpha value is 0.137. The molecule has 0 spiro atoms. The highest BCUT2D eigenvalue weighted by atomic mass is 28.4. The van der Waals surface area contributed by atoms with Crippen LogP contribution in [0.15, 0.2) is 0 Å². The van der Waals surface area contributed by atoms with Crippen LogP contribution in [-0.2, 0) is 4.43 Å². The first-order valence-electron chi connectivity index (χ1n) is 6.43. The lowest BCUT2D eigenvalue weighted by Gasteiger charge is -2.38. The maximum absolute atomic E-state index is 10.2. The van der Waals surface area contributed by atoms with Crippen molar-refractivity contribution >= 4 is 8.32 Å². The summed E-state index contributed by atoms with van der Waals surface area (Å²) in [6, 6.07) is 0. The maximum Gasteiger partial charge on any atom is 0.191 e. The van der Waals surface area contributed by atoms with Crippen molar-refractivity contribution in [3.63, 3.8) is 0 Å². The summed E-state index contributed by atoms with van der Waals surface area (Å²) in [6.45, 7) is 14.0. The predicted octanol–water partition coefficient (Wildman–Crippen LogP) is 3.56. The van der Waals surface area contributed by atoms with Gasteiger partial charge in [0.1, 0.15) is 0 Å². The van der Waals surface area contributed by atoms with Crippen molar-refractivity contribution < 1.29 is 9.53 Å². The molecule has 1 aliphatic carbocycles. The van der Waals surface area contributed by atoms with E-state index in [9.17, 15) is 5.11 Å². The fourth-order valence-electron chi connectivity index (χ4n) is 2.01. The minimum Gasteiger partial charge on any atom is -0.416 e. The fourth-order valence-corrected chi connectivity index (χ4v) is 3.06. The van der Waals surface area contributed by atoms with Crippen LogP contribution < -0.4 is 0 Å². The highest BCUT2D eigenvalue weighted by molar-refractivity contribution is 6.74. The Balaban J connectivity index is 2.52. The molecule has 0 aromatic rings. The largest absolute Gasteiger partial charge is 0.416 e. The average molecular weight is 244 g/mol. The Morgan fingerprint density at radius 3 is 2.31 bits per heavy atom. The summed E-state index contributed by atoms with van der Waals surface area (Å²) in [5.74, 6) is 0.335. The van der Waals surface area contributed by atoms with Crippen LogP contribution in [0.1, 0.15) is 47.0 Å². The highest BCUT2D eigenvalue weighted by Gasteiger charge is 2.41. The highest BCUT2D eigenvalue weighted by Crippen LogP contribution is 2.40. The van der Waals surface area contributed by atoms with Gasteiger partial charge in [0.2, 0.25) is 0 Å². The van der Waals surface area contributed by atoms with Crippen LogP contribution in [0.3, 0.4) is 0 Å². The maximum atomic E-state index is 10.2. The SMILES string of the molecule is CC(C)(C)[Si](C)(C)OC[C@@H]1CCC[C@]1(C)O. The first kappa shape index (κ1) is 14.2. The molecule has 0 aliphatic heterocycles. The van der Waals surface area contributed by atoms with Crippen LogP contribution in [0.25, 0.3) is 0 Å². The normalized spacial score (nSPS) is 32.1. The fraction of sp³-hybridized carbons (Fsp3) is 1.00. The van der Waals surface area contributed by atoms with Crippen molar-refractivity contribution in [2.45, 2.75) is 70.7 Å². The quantitative estimate of drug-likeness (QED) is 0.769. The molecule has 1 saturated carbocycles. The van der Waals surface area contributed by atoms with Gasteiger partial charge in [-0.15, -0.1) is 0 Å². The second kappa shape index (κ2) is 4.43. The third kappa shape index (κ3) is 3.08. The molecule has 0 radical (unpaired) electrons. The molecule has 1 fully saturated rings. The Morgan fingerprint density at radius 1 is 1.38 bits per heavy atom. The summed E-state index contributed by atoms with van der Waals surface area (Å²) in [7, 11) is -1.65. The van der Waals surface area contributed by atoms with Gasteiger partial charge in [-0.1, -0.05) is 27.2 Å². The molecule has 0 heterocycles. The van der Waals surface area contributed by atoms with E-state index in [-0.39, 0.29) is 5.04 Å². The third-order valence-electron chi connectivity index (χ3n) is 4.57. The van der Waals surface area contributed by atoms with Crippen LogP contribution >= 0.6 is 0 Å². The Kier molecular flexibility index (Phi) is 3.93. The lowest BCUT2D eigenvalue weighted by atomic mass is 9.94. The monoisotopic (exact) mass is 244 g/mol. The van der Waals surface area contributed by atoms with Gasteiger partial charge in [0.25, 0.3) is 0 Å². The van der Waals surface area contributed by atoms with Gasteiger partial charge in [-0.25, -0.2) is 0 Å². The van der Waals surface area contributed by atoms with Gasteiger partial charge >= 0.3 is 0 Å². The van der Waals surface area contributed by atoms with Crippen molar-refractivity contribution in [1.82, 2.24) is 0 Å². The van der Waals surface area contributed by atoms with Crippen LogP contribution in [-0.4, -0.2) is 25.6 Å². The Labute approximate surface area is 102 Å². The van der Waals surface area contributed by atoms with Gasteiger partial charge in [-0.3, -0.25) is 0 Å². The second-order valence-electron chi connectivity index (χ2n) is 7.02. The molecule has 1 N–H and O–H groups in total. The van der Waals surface area contributed by atoms with E-state index in [0.717, 1.165) is 25.9 Å². The molecule has 16 heavy (non-hydrogen) atoms. The summed E-state index contributed by atoms with van der Waals surface area (Å²) in [4.78, 5) is 0. The number of rotatable bonds is 3. The summed E-state index contributed by atoms with van der Waals surface area (Å²) in [5, 5.41) is 10.5. The molecule has 1 rings (SSSR count). The lowest BCUT2D eigenvalue weighted by Crippen LogP contribution is -2.44. The van der Waals surface area contributed by atoms with Crippen molar-refractivity contribution in [2.75, 3.05) is 6.61 Å². The molecule has 0 aromatic heterocycles. The van der Waals surface area contributed by atoms with Gasteiger partial charge < -0.3 is 9.53 Å². The van der Waals surface area contributed by atoms with Gasteiger partial charge in [0.05, 0.1) is 5.60 Å². The Bertz CT molecular complexity index is 241. The first-order chi connectivity index (χ1) is 7.06. The molecule has 2 atom stereocenters. The van der Waals surface area contributed by atoms with Gasteiger partial charge in [0.15, 0.2) is 8.32 Å². The topological polar surface area (TPSA) is 29.5 Å². The molecule has 0 unspecified atom stereocenters. The van der Waals surface area contributed by atoms with E-state index < -0.39 is 13.9 Å². The van der Waals surface area contributed by atoms with Crippen LogP contribution in [0, 0.1) is 5.92 Å². The van der Waals surface area contributed by atoms with Gasteiger partial charge in [-0.05, 0) is 37.9 Å². The van der Waals surface area contributed by atoms with E-state index in [1.807, 2.05) is 6.92 Å². The van der Waals surface area contributed by atoms with E-state index in [2.05, 4.69) is 33.9 Å². The number of aliphatic hydroxyl groups is 1. The Morgan fingerprint density at radius 2 is 1.94 bits per heavy atom. The standard InChI is InChI=1S/C13H28O2Si/c1-12(2,3)16(5,6)15-10-11-8-7-9-13(11,4)14/h11,14H,7-10H2,1-6H3/t11-,13-/m0/s1. The van der Waals surface area contributed by atoms with E-state index in [4.69, 9.17) is 4.43 Å². The molecule has 2 nitrogen and oxygen atoms in total. The van der Waals surface area contributed by atoms with Crippen LogP contribution in [0.5, 0.6) is 0 Å². The molecule has 3 heteroatoms. The minimum atomic E-state index is -1.65. The zero-order valence-corrected chi connectivity index (χ0v) is 12.8. The van der Waals surface area contributed by atoms with Crippen molar-refractivity contribution in [2.24, 2.45) is 5.92 Å². The van der Waals surface area contributed by atoms with Gasteiger partial charge in [-0.2, -0.15) is 0 Å². The zero-order valence-electron chi connectivity index (χ0n) is 11.8. The summed E-state index contributed by atoms with van der Waals surface area (Å²) in [6.07, 6.45) is 3.18. The smallest absolute Gasteiger partial charge is 0.191 e. The predicted molar refractivity (Wildman–Crippen MR) is 71.1 cm³/mol. The molecule has 1 aliphatic rings. The minimum absolute atomic E-state index is 0.261. The summed E-state index contributed by atoms with van der Waals surface area (Å²) < 4.78 is 6.19. The summed E-state index contributed by atoms with van der Waals surface area (Å²) in [5.41, 5.74) is -0.498. The number of hydrogen-bond donors (Lipinski definition) is 1. The molecule has 96 valence electrons. The molecular weight excluding hydrogens is 216 g/mol. The number of hydrogen-bond acceptors (Lipinski definition) is 2. The molecule has 0 aromatic carbocycles. The van der Waals surface area contributed by atoms with Crippen LogP contribution in [0.2, 0.25) is 18.1 Å². The van der Waals surface area contributed by atoms with E-state index >= 15 is 0 Å². The third-order valence-corrected chi connectivity index (χ3v) is 9.07. The second-order valence-corrected chi connectivity index (χ2v) is 11.8. The van der Waals surface area contributed by atoms with E-state index in [1.54, 1.807) is 0 Å². The van der Waals surface area contributed by atoms with Crippen molar-refractivity contribution in [3.05, 3.63) is 0 Å². The molecular formula is C13H28O2Si. The molecule has 0 bridgehead atoms. The molecule has 0 saturated heterocycles. The zero-order chi connectivity index (χ0) is 12.6. The molecule has 0 amide bonds. The lowest BCUT2D eigenvalue weighted by molar-refractivity contribution is 0.000451. The van der Waals surface area contributed by atoms with Crippen LogP contribution in [0.4, 0.5) is 0 Å². The first-order valence-corrected chi connectivity index (χ1v) is 9.33. The van der Waals surface area contributed by atoms with E-state index in [0.29, 0.717) is 5.92 Å².